The molecule has 8 heteroatoms. The molecule has 4 rings (SSSR count). The smallest absolute Gasteiger partial charge is 0.337 e. The van der Waals surface area contributed by atoms with Gasteiger partial charge in [-0.15, -0.1) is 0 Å². The van der Waals surface area contributed by atoms with Crippen LogP contribution in [0.1, 0.15) is 33.6 Å². The van der Waals surface area contributed by atoms with Crippen LogP contribution in [-0.4, -0.2) is 38.2 Å². The number of carbonyl (C=O) groups is 2. The van der Waals surface area contributed by atoms with Gasteiger partial charge in [-0.3, -0.25) is 4.79 Å². The maximum absolute atomic E-state index is 12.9. The number of fused-ring (bicyclic) bond motifs is 1. The molecule has 1 saturated heterocycles. The summed E-state index contributed by atoms with van der Waals surface area (Å²) in [5.41, 5.74) is 1.92. The van der Waals surface area contributed by atoms with Crippen molar-refractivity contribution < 1.29 is 23.5 Å². The van der Waals surface area contributed by atoms with Crippen LogP contribution in [0.4, 0.5) is 5.69 Å². The van der Waals surface area contributed by atoms with Gasteiger partial charge in [-0.25, -0.2) is 9.79 Å². The van der Waals surface area contributed by atoms with Crippen molar-refractivity contribution in [2.45, 2.75) is 18.9 Å². The van der Waals surface area contributed by atoms with Crippen molar-refractivity contribution in [3.05, 3.63) is 70.2 Å². The van der Waals surface area contributed by atoms with Gasteiger partial charge in [-0.2, -0.15) is 0 Å². The van der Waals surface area contributed by atoms with Gasteiger partial charge in [0.25, 0.3) is 5.91 Å². The lowest BCUT2D eigenvalue weighted by Gasteiger charge is -2.11. The van der Waals surface area contributed by atoms with Gasteiger partial charge < -0.3 is 19.2 Å². The highest BCUT2D eigenvalue weighted by Crippen LogP contribution is 2.20. The standard InChI is InChI=1S/C23H21ClN2O5/c1-29-23(28)14-4-7-17(8-5-14)26-22-19(21(27)25-13-18-3-2-10-30-18)12-15-11-16(24)6-9-20(15)31-22/h4-9,11-12,18H,2-3,10,13H2,1H3,(H,25,27)/t18-/m0/s1. The molecule has 1 atom stereocenters. The molecular weight excluding hydrogens is 420 g/mol. The number of hydrogen-bond donors (Lipinski definition) is 1. The molecule has 0 unspecified atom stereocenters. The van der Waals surface area contributed by atoms with Crippen molar-refractivity contribution in [2.24, 2.45) is 4.99 Å². The highest BCUT2D eigenvalue weighted by Gasteiger charge is 2.18. The number of hydrogen-bond acceptors (Lipinski definition) is 6. The molecule has 0 aliphatic carbocycles. The number of benzene rings is 2. The van der Waals surface area contributed by atoms with E-state index in [1.807, 2.05) is 0 Å². The van der Waals surface area contributed by atoms with Crippen molar-refractivity contribution in [1.29, 1.82) is 0 Å². The lowest BCUT2D eigenvalue weighted by atomic mass is 10.1. The fraction of sp³-hybridized carbons (Fsp3) is 0.261. The average molecular weight is 441 g/mol. The quantitative estimate of drug-likeness (QED) is 0.605. The predicted octanol–water partition coefficient (Wildman–Crippen LogP) is 4.01. The zero-order chi connectivity index (χ0) is 21.8. The molecule has 3 aromatic rings. The molecule has 1 aliphatic rings. The van der Waals surface area contributed by atoms with Gasteiger partial charge in [0.1, 0.15) is 11.1 Å². The molecule has 0 spiro atoms. The van der Waals surface area contributed by atoms with Crippen LogP contribution in [0.25, 0.3) is 11.0 Å². The highest BCUT2D eigenvalue weighted by molar-refractivity contribution is 6.31. The summed E-state index contributed by atoms with van der Waals surface area (Å²) in [5.74, 6) is -0.751. The fourth-order valence-electron chi connectivity index (χ4n) is 3.36. The molecule has 0 saturated carbocycles. The molecule has 1 N–H and O–H groups in total. The predicted molar refractivity (Wildman–Crippen MR) is 116 cm³/mol. The number of carbonyl (C=O) groups excluding carboxylic acids is 2. The van der Waals surface area contributed by atoms with E-state index in [2.05, 4.69) is 10.3 Å². The molecule has 0 radical (unpaired) electrons. The lowest BCUT2D eigenvalue weighted by molar-refractivity contribution is 0.0600. The van der Waals surface area contributed by atoms with E-state index in [4.69, 9.17) is 25.5 Å². The minimum atomic E-state index is -0.437. The zero-order valence-corrected chi connectivity index (χ0v) is 17.6. The largest absolute Gasteiger partial charge is 0.465 e. The lowest BCUT2D eigenvalue weighted by Crippen LogP contribution is -2.34. The van der Waals surface area contributed by atoms with Crippen LogP contribution in [0.3, 0.4) is 0 Å². The van der Waals surface area contributed by atoms with Gasteiger partial charge >= 0.3 is 5.97 Å². The molecule has 2 heterocycles. The average Bonchev–Trinajstić information content (AvgIpc) is 3.31. The first kappa shape index (κ1) is 21.1. The first-order valence-corrected chi connectivity index (χ1v) is 10.3. The van der Waals surface area contributed by atoms with Crippen molar-refractivity contribution in [3.8, 4) is 0 Å². The molecule has 1 fully saturated rings. The van der Waals surface area contributed by atoms with Gasteiger partial charge in [-0.1, -0.05) is 11.6 Å². The minimum absolute atomic E-state index is 0.0158. The molecule has 2 aromatic carbocycles. The Labute approximate surface area is 183 Å². The molecule has 0 bridgehead atoms. The second-order valence-corrected chi connectivity index (χ2v) is 7.58. The second-order valence-electron chi connectivity index (χ2n) is 7.14. The van der Waals surface area contributed by atoms with E-state index in [0.29, 0.717) is 40.4 Å². The summed E-state index contributed by atoms with van der Waals surface area (Å²) in [6, 6.07) is 13.4. The van der Waals surface area contributed by atoms with Crippen LogP contribution in [0, 0.1) is 0 Å². The fourth-order valence-corrected chi connectivity index (χ4v) is 3.54. The Morgan fingerprint density at radius 2 is 2.00 bits per heavy atom. The first-order valence-electron chi connectivity index (χ1n) is 9.90. The van der Waals surface area contributed by atoms with Crippen molar-refractivity contribution >= 4 is 40.1 Å². The number of halogens is 1. The normalized spacial score (nSPS) is 16.5. The number of rotatable bonds is 5. The third kappa shape index (κ3) is 4.95. The number of nitrogens with zero attached hydrogens (tertiary/aromatic N) is 1. The third-order valence-corrected chi connectivity index (χ3v) is 5.22. The van der Waals surface area contributed by atoms with Crippen molar-refractivity contribution in [1.82, 2.24) is 5.32 Å². The summed E-state index contributed by atoms with van der Waals surface area (Å²) in [5, 5.41) is 4.13. The third-order valence-electron chi connectivity index (χ3n) is 4.99. The molecular formula is C23H21ClN2O5. The Balaban J connectivity index is 1.72. The summed E-state index contributed by atoms with van der Waals surface area (Å²) in [6.45, 7) is 1.13. The van der Waals surface area contributed by atoms with E-state index in [1.165, 1.54) is 7.11 Å². The monoisotopic (exact) mass is 440 g/mol. The summed E-state index contributed by atoms with van der Waals surface area (Å²) in [4.78, 5) is 29.1. The first-order chi connectivity index (χ1) is 15.0. The van der Waals surface area contributed by atoms with Crippen LogP contribution >= 0.6 is 11.6 Å². The summed E-state index contributed by atoms with van der Waals surface area (Å²) < 4.78 is 16.2. The van der Waals surface area contributed by atoms with Gasteiger partial charge in [0.2, 0.25) is 5.55 Å². The minimum Gasteiger partial charge on any atom is -0.465 e. The van der Waals surface area contributed by atoms with Gasteiger partial charge in [0, 0.05) is 23.6 Å². The Kier molecular flexibility index (Phi) is 6.34. The molecule has 1 amide bonds. The van der Waals surface area contributed by atoms with E-state index < -0.39 is 5.97 Å². The maximum atomic E-state index is 12.9. The summed E-state index contributed by atoms with van der Waals surface area (Å²) >= 11 is 6.10. The Hall–Kier alpha value is -3.16. The Morgan fingerprint density at radius 1 is 1.19 bits per heavy atom. The second kappa shape index (κ2) is 9.32. The van der Waals surface area contributed by atoms with Gasteiger partial charge in [0.15, 0.2) is 0 Å². The summed E-state index contributed by atoms with van der Waals surface area (Å²) in [6.07, 6.45) is 1.93. The number of methoxy groups -OCH3 is 1. The topological polar surface area (TPSA) is 90.1 Å². The van der Waals surface area contributed by atoms with E-state index in [-0.39, 0.29) is 23.1 Å². The molecule has 31 heavy (non-hydrogen) atoms. The molecule has 160 valence electrons. The van der Waals surface area contributed by atoms with Crippen LogP contribution in [0.2, 0.25) is 5.02 Å². The Morgan fingerprint density at radius 3 is 2.71 bits per heavy atom. The number of nitrogens with one attached hydrogen (secondary N) is 1. The van der Waals surface area contributed by atoms with Gasteiger partial charge in [0.05, 0.1) is 24.5 Å². The molecule has 1 aliphatic heterocycles. The zero-order valence-electron chi connectivity index (χ0n) is 16.9. The van der Waals surface area contributed by atoms with Crippen LogP contribution in [0.5, 0.6) is 0 Å². The van der Waals surface area contributed by atoms with E-state index in [9.17, 15) is 9.59 Å². The maximum Gasteiger partial charge on any atom is 0.337 e. The highest BCUT2D eigenvalue weighted by atomic mass is 35.5. The number of ether oxygens (including phenoxy) is 2. The SMILES string of the molecule is COC(=O)c1ccc(N=c2oc3ccc(Cl)cc3cc2C(=O)NC[C@@H]2CCCO2)cc1. The van der Waals surface area contributed by atoms with E-state index in [0.717, 1.165) is 12.8 Å². The van der Waals surface area contributed by atoms with Crippen molar-refractivity contribution in [2.75, 3.05) is 20.3 Å². The van der Waals surface area contributed by atoms with Crippen molar-refractivity contribution in [3.63, 3.8) is 0 Å². The van der Waals surface area contributed by atoms with Crippen LogP contribution in [0.15, 0.2) is 57.9 Å². The van der Waals surface area contributed by atoms with E-state index >= 15 is 0 Å². The number of amides is 1. The number of esters is 1. The Bertz CT molecular complexity index is 1180. The molecule has 7 nitrogen and oxygen atoms in total. The summed E-state index contributed by atoms with van der Waals surface area (Å²) in [7, 11) is 1.32. The van der Waals surface area contributed by atoms with Crippen LogP contribution < -0.4 is 10.9 Å². The van der Waals surface area contributed by atoms with Gasteiger partial charge in [-0.05, 0) is 61.4 Å². The van der Waals surface area contributed by atoms with Crippen LogP contribution in [-0.2, 0) is 9.47 Å². The van der Waals surface area contributed by atoms with E-state index in [1.54, 1.807) is 48.5 Å². The molecule has 1 aromatic heterocycles.